The van der Waals surface area contributed by atoms with Crippen LogP contribution in [0.2, 0.25) is 0 Å². The Bertz CT molecular complexity index is 374. The average molecular weight is 191 g/mol. The van der Waals surface area contributed by atoms with Gasteiger partial charge in [0.15, 0.2) is 0 Å². The third kappa shape index (κ3) is 1.45. The lowest BCUT2D eigenvalue weighted by atomic mass is 9.93. The fraction of sp³-hybridized carbons (Fsp3) is 0.364. The molecule has 1 unspecified atom stereocenters. The van der Waals surface area contributed by atoms with E-state index in [1.165, 1.54) is 0 Å². The van der Waals surface area contributed by atoms with Gasteiger partial charge in [0, 0.05) is 18.9 Å². The standard InChI is InChI=1S/C11H13NO2/c1-7-9(3-2-4-10(7)13)8-5-11(14)12-6-8/h2-4,8,13H,5-6H2,1H3,(H,12,14). The van der Waals surface area contributed by atoms with Crippen molar-refractivity contribution >= 4 is 5.91 Å². The molecule has 0 aliphatic carbocycles. The molecular weight excluding hydrogens is 178 g/mol. The van der Waals surface area contributed by atoms with Crippen LogP contribution in [0, 0.1) is 6.92 Å². The van der Waals surface area contributed by atoms with Crippen molar-refractivity contribution in [1.82, 2.24) is 5.32 Å². The van der Waals surface area contributed by atoms with Gasteiger partial charge in [-0.3, -0.25) is 4.79 Å². The zero-order valence-corrected chi connectivity index (χ0v) is 8.08. The molecule has 3 heteroatoms. The first-order valence-corrected chi connectivity index (χ1v) is 4.73. The minimum absolute atomic E-state index is 0.0951. The van der Waals surface area contributed by atoms with E-state index in [4.69, 9.17) is 0 Å². The van der Waals surface area contributed by atoms with Crippen LogP contribution in [0.5, 0.6) is 5.75 Å². The smallest absolute Gasteiger partial charge is 0.220 e. The molecule has 1 amide bonds. The summed E-state index contributed by atoms with van der Waals surface area (Å²) in [5.74, 6) is 0.620. The molecule has 2 rings (SSSR count). The van der Waals surface area contributed by atoms with Gasteiger partial charge in [0.2, 0.25) is 5.91 Å². The molecule has 2 N–H and O–H groups in total. The number of amides is 1. The molecule has 14 heavy (non-hydrogen) atoms. The highest BCUT2D eigenvalue weighted by atomic mass is 16.3. The molecule has 1 heterocycles. The Morgan fingerprint density at radius 1 is 1.50 bits per heavy atom. The molecule has 0 saturated carbocycles. The van der Waals surface area contributed by atoms with E-state index in [2.05, 4.69) is 5.32 Å². The summed E-state index contributed by atoms with van der Waals surface area (Å²) in [4.78, 5) is 11.0. The van der Waals surface area contributed by atoms with Gasteiger partial charge in [-0.05, 0) is 24.1 Å². The van der Waals surface area contributed by atoms with Crippen LogP contribution in [-0.2, 0) is 4.79 Å². The molecule has 1 aromatic rings. The number of hydrogen-bond donors (Lipinski definition) is 2. The Kier molecular flexibility index (Phi) is 2.15. The van der Waals surface area contributed by atoms with Crippen LogP contribution >= 0.6 is 0 Å². The molecule has 3 nitrogen and oxygen atoms in total. The minimum atomic E-state index is 0.0951. The summed E-state index contributed by atoms with van der Waals surface area (Å²) in [6.07, 6.45) is 0.532. The summed E-state index contributed by atoms with van der Waals surface area (Å²) >= 11 is 0. The van der Waals surface area contributed by atoms with E-state index in [0.717, 1.165) is 11.1 Å². The first kappa shape index (κ1) is 9.06. The van der Waals surface area contributed by atoms with E-state index in [1.807, 2.05) is 19.1 Å². The first-order chi connectivity index (χ1) is 6.68. The molecule has 0 aromatic heterocycles. The van der Waals surface area contributed by atoms with Gasteiger partial charge in [0.05, 0.1) is 0 Å². The number of rotatable bonds is 1. The lowest BCUT2D eigenvalue weighted by Crippen LogP contribution is -2.13. The van der Waals surface area contributed by atoms with Crippen LogP contribution in [0.4, 0.5) is 0 Å². The van der Waals surface area contributed by atoms with Crippen LogP contribution in [-0.4, -0.2) is 17.6 Å². The fourth-order valence-electron chi connectivity index (χ4n) is 1.91. The average Bonchev–Trinajstić information content (AvgIpc) is 2.57. The van der Waals surface area contributed by atoms with E-state index in [9.17, 15) is 9.90 Å². The molecular formula is C11H13NO2. The molecule has 1 aromatic carbocycles. The SMILES string of the molecule is Cc1c(O)cccc1C1CNC(=O)C1. The summed E-state index contributed by atoms with van der Waals surface area (Å²) in [5, 5.41) is 12.3. The quantitative estimate of drug-likeness (QED) is 0.703. The van der Waals surface area contributed by atoms with Crippen LogP contribution in [0.3, 0.4) is 0 Å². The number of phenols is 1. The van der Waals surface area contributed by atoms with E-state index < -0.39 is 0 Å². The molecule has 1 aliphatic rings. The summed E-state index contributed by atoms with van der Waals surface area (Å²) in [5.41, 5.74) is 1.96. The Labute approximate surface area is 82.8 Å². The zero-order chi connectivity index (χ0) is 10.1. The Morgan fingerprint density at radius 2 is 2.29 bits per heavy atom. The van der Waals surface area contributed by atoms with E-state index >= 15 is 0 Å². The molecule has 0 spiro atoms. The molecule has 0 radical (unpaired) electrons. The van der Waals surface area contributed by atoms with Crippen molar-refractivity contribution < 1.29 is 9.90 Å². The summed E-state index contributed by atoms with van der Waals surface area (Å²) in [7, 11) is 0. The van der Waals surface area contributed by atoms with Gasteiger partial charge in [-0.1, -0.05) is 12.1 Å². The number of benzene rings is 1. The summed E-state index contributed by atoms with van der Waals surface area (Å²) in [6.45, 7) is 2.57. The van der Waals surface area contributed by atoms with Gasteiger partial charge in [-0.25, -0.2) is 0 Å². The monoisotopic (exact) mass is 191 g/mol. The second kappa shape index (κ2) is 3.33. The summed E-state index contributed by atoms with van der Waals surface area (Å²) in [6, 6.07) is 5.46. The molecule has 1 saturated heterocycles. The highest BCUT2D eigenvalue weighted by Gasteiger charge is 2.24. The van der Waals surface area contributed by atoms with E-state index in [0.29, 0.717) is 18.7 Å². The van der Waals surface area contributed by atoms with Crippen LogP contribution in [0.15, 0.2) is 18.2 Å². The van der Waals surface area contributed by atoms with E-state index in [-0.39, 0.29) is 11.8 Å². The van der Waals surface area contributed by atoms with Gasteiger partial charge in [0.1, 0.15) is 5.75 Å². The predicted octanol–water partition coefficient (Wildman–Crippen LogP) is 1.30. The van der Waals surface area contributed by atoms with Crippen LogP contribution in [0.1, 0.15) is 23.5 Å². The minimum Gasteiger partial charge on any atom is -0.508 e. The van der Waals surface area contributed by atoms with Gasteiger partial charge in [0.25, 0.3) is 0 Å². The molecule has 1 aliphatic heterocycles. The van der Waals surface area contributed by atoms with Crippen molar-refractivity contribution in [3.63, 3.8) is 0 Å². The summed E-state index contributed by atoms with van der Waals surface area (Å²) < 4.78 is 0. The van der Waals surface area contributed by atoms with Crippen molar-refractivity contribution in [1.29, 1.82) is 0 Å². The third-order valence-electron chi connectivity index (χ3n) is 2.76. The van der Waals surface area contributed by atoms with Gasteiger partial charge in [-0.15, -0.1) is 0 Å². The predicted molar refractivity (Wildman–Crippen MR) is 53.2 cm³/mol. The molecule has 1 fully saturated rings. The van der Waals surface area contributed by atoms with Crippen LogP contribution in [0.25, 0.3) is 0 Å². The Morgan fingerprint density at radius 3 is 2.93 bits per heavy atom. The third-order valence-corrected chi connectivity index (χ3v) is 2.76. The van der Waals surface area contributed by atoms with Gasteiger partial charge < -0.3 is 10.4 Å². The maximum Gasteiger partial charge on any atom is 0.220 e. The maximum absolute atomic E-state index is 11.0. The lowest BCUT2D eigenvalue weighted by Gasteiger charge is -2.11. The van der Waals surface area contributed by atoms with Crippen molar-refractivity contribution in [2.24, 2.45) is 0 Å². The van der Waals surface area contributed by atoms with Crippen molar-refractivity contribution in [2.75, 3.05) is 6.54 Å². The highest BCUT2D eigenvalue weighted by Crippen LogP contribution is 2.29. The number of aromatic hydroxyl groups is 1. The second-order valence-corrected chi connectivity index (χ2v) is 3.70. The number of carbonyl (C=O) groups excluding carboxylic acids is 1. The highest BCUT2D eigenvalue weighted by molar-refractivity contribution is 5.79. The first-order valence-electron chi connectivity index (χ1n) is 4.73. The zero-order valence-electron chi connectivity index (χ0n) is 8.08. The van der Waals surface area contributed by atoms with E-state index in [1.54, 1.807) is 6.07 Å². The lowest BCUT2D eigenvalue weighted by molar-refractivity contribution is -0.119. The molecule has 74 valence electrons. The maximum atomic E-state index is 11.0. The largest absolute Gasteiger partial charge is 0.508 e. The second-order valence-electron chi connectivity index (χ2n) is 3.70. The van der Waals surface area contributed by atoms with Crippen LogP contribution < -0.4 is 5.32 Å². The number of carbonyl (C=O) groups is 1. The number of hydrogen-bond acceptors (Lipinski definition) is 2. The molecule has 1 atom stereocenters. The topological polar surface area (TPSA) is 49.3 Å². The van der Waals surface area contributed by atoms with Gasteiger partial charge >= 0.3 is 0 Å². The van der Waals surface area contributed by atoms with Crippen molar-refractivity contribution in [2.45, 2.75) is 19.3 Å². The molecule has 0 bridgehead atoms. The number of nitrogens with one attached hydrogen (secondary N) is 1. The van der Waals surface area contributed by atoms with Crippen molar-refractivity contribution in [3.05, 3.63) is 29.3 Å². The number of phenolic OH excluding ortho intramolecular Hbond substituents is 1. The van der Waals surface area contributed by atoms with Gasteiger partial charge in [-0.2, -0.15) is 0 Å². The Balaban J connectivity index is 2.32. The fourth-order valence-corrected chi connectivity index (χ4v) is 1.91. The normalized spacial score (nSPS) is 20.9. The van der Waals surface area contributed by atoms with Crippen molar-refractivity contribution in [3.8, 4) is 5.75 Å². The Hall–Kier alpha value is -1.51.